The predicted octanol–water partition coefficient (Wildman–Crippen LogP) is 2.62. The Morgan fingerprint density at radius 1 is 1.29 bits per heavy atom. The Morgan fingerprint density at radius 2 is 2.21 bits per heavy atom. The number of benzene rings is 1. The first-order chi connectivity index (χ1) is 11.7. The summed E-state index contributed by atoms with van der Waals surface area (Å²) in [5.41, 5.74) is 3.44. The van der Waals surface area contributed by atoms with E-state index in [0.717, 1.165) is 17.6 Å². The topological polar surface area (TPSA) is 61.0 Å². The van der Waals surface area contributed by atoms with Gasteiger partial charge >= 0.3 is 0 Å². The van der Waals surface area contributed by atoms with Gasteiger partial charge in [-0.25, -0.2) is 0 Å². The molecule has 1 saturated heterocycles. The summed E-state index contributed by atoms with van der Waals surface area (Å²) in [7, 11) is 1.87. The Labute approximate surface area is 140 Å². The van der Waals surface area contributed by atoms with Crippen LogP contribution in [-0.4, -0.2) is 33.9 Å². The number of para-hydroxylation sites is 1. The molecular formula is C19H20N4O. The molecule has 1 aliphatic heterocycles. The number of rotatable bonds is 4. The van der Waals surface area contributed by atoms with Crippen molar-refractivity contribution in [2.24, 2.45) is 0 Å². The number of hydrogen-bond donors (Lipinski definition) is 2. The molecule has 2 aromatic heterocycles. The third-order valence-corrected chi connectivity index (χ3v) is 4.84. The second-order valence-corrected chi connectivity index (χ2v) is 6.29. The van der Waals surface area contributed by atoms with Crippen molar-refractivity contribution in [3.63, 3.8) is 0 Å². The van der Waals surface area contributed by atoms with Crippen molar-refractivity contribution in [3.05, 3.63) is 66.1 Å². The first kappa shape index (κ1) is 14.9. The number of nitrogens with one attached hydrogen (secondary N) is 2. The summed E-state index contributed by atoms with van der Waals surface area (Å²) < 4.78 is 0. The molecule has 5 heteroatoms. The third kappa shape index (κ3) is 2.57. The monoisotopic (exact) mass is 320 g/mol. The quantitative estimate of drug-likeness (QED) is 0.777. The highest BCUT2D eigenvalue weighted by molar-refractivity contribution is 5.82. The lowest BCUT2D eigenvalue weighted by molar-refractivity contribution is -0.127. The summed E-state index contributed by atoms with van der Waals surface area (Å²) in [6, 6.07) is 12.4. The molecule has 0 aliphatic carbocycles. The maximum Gasteiger partial charge on any atom is 0.224 e. The Morgan fingerprint density at radius 3 is 3.04 bits per heavy atom. The van der Waals surface area contributed by atoms with Crippen LogP contribution in [0.15, 0.2) is 55.0 Å². The number of likely N-dealkylation sites (tertiary alicyclic amines) is 1. The van der Waals surface area contributed by atoms with Gasteiger partial charge in [0.1, 0.15) is 0 Å². The number of nitrogens with zero attached hydrogens (tertiary/aromatic N) is 2. The predicted molar refractivity (Wildman–Crippen MR) is 93.3 cm³/mol. The summed E-state index contributed by atoms with van der Waals surface area (Å²) in [5, 5.41) is 4.79. The van der Waals surface area contributed by atoms with Gasteiger partial charge in [0, 0.05) is 50.2 Å². The number of hydrogen-bond acceptors (Lipinski definition) is 3. The second kappa shape index (κ2) is 6.09. The molecule has 24 heavy (non-hydrogen) atoms. The lowest BCUT2D eigenvalue weighted by Gasteiger charge is -2.26. The highest BCUT2D eigenvalue weighted by Crippen LogP contribution is 2.31. The zero-order valence-corrected chi connectivity index (χ0v) is 13.6. The van der Waals surface area contributed by atoms with Gasteiger partial charge < -0.3 is 15.2 Å². The molecule has 4 rings (SSSR count). The molecule has 1 fully saturated rings. The Hall–Kier alpha value is -2.66. The largest absolute Gasteiger partial charge is 0.361 e. The second-order valence-electron chi connectivity index (χ2n) is 6.29. The van der Waals surface area contributed by atoms with Gasteiger partial charge in [0.25, 0.3) is 0 Å². The first-order valence-electron chi connectivity index (χ1n) is 8.18. The van der Waals surface area contributed by atoms with E-state index in [-0.39, 0.29) is 18.0 Å². The van der Waals surface area contributed by atoms with Crippen LogP contribution in [0.4, 0.5) is 0 Å². The molecule has 0 spiro atoms. The highest BCUT2D eigenvalue weighted by Gasteiger charge is 2.38. The van der Waals surface area contributed by atoms with Crippen molar-refractivity contribution >= 4 is 16.8 Å². The molecule has 5 nitrogen and oxygen atoms in total. The normalized spacial score (nSPS) is 20.9. The first-order valence-corrected chi connectivity index (χ1v) is 8.18. The number of amides is 1. The van der Waals surface area contributed by atoms with Crippen molar-refractivity contribution in [1.82, 2.24) is 20.2 Å². The number of aromatic nitrogens is 2. The van der Waals surface area contributed by atoms with E-state index in [2.05, 4.69) is 39.6 Å². The van der Waals surface area contributed by atoms with Crippen molar-refractivity contribution in [2.45, 2.75) is 25.0 Å². The number of pyridine rings is 1. The van der Waals surface area contributed by atoms with Crippen molar-refractivity contribution in [2.75, 3.05) is 7.05 Å². The molecule has 0 unspecified atom stereocenters. The fourth-order valence-corrected chi connectivity index (χ4v) is 3.60. The van der Waals surface area contributed by atoms with E-state index >= 15 is 0 Å². The Kier molecular flexibility index (Phi) is 3.78. The summed E-state index contributed by atoms with van der Waals surface area (Å²) in [4.78, 5) is 21.5. The van der Waals surface area contributed by atoms with Crippen molar-refractivity contribution in [3.8, 4) is 0 Å². The van der Waals surface area contributed by atoms with E-state index in [4.69, 9.17) is 0 Å². The van der Waals surface area contributed by atoms with Crippen LogP contribution in [0.25, 0.3) is 10.9 Å². The summed E-state index contributed by atoms with van der Waals surface area (Å²) in [6.07, 6.45) is 6.07. The van der Waals surface area contributed by atoms with Gasteiger partial charge in [0.05, 0.1) is 6.04 Å². The van der Waals surface area contributed by atoms with E-state index in [1.165, 1.54) is 10.9 Å². The molecule has 2 N–H and O–H groups in total. The minimum atomic E-state index is 0.0223. The van der Waals surface area contributed by atoms with Gasteiger partial charge in [-0.05, 0) is 28.6 Å². The van der Waals surface area contributed by atoms with Crippen LogP contribution in [0.3, 0.4) is 0 Å². The summed E-state index contributed by atoms with van der Waals surface area (Å²) >= 11 is 0. The molecule has 122 valence electrons. The highest BCUT2D eigenvalue weighted by atomic mass is 16.2. The minimum Gasteiger partial charge on any atom is -0.361 e. The van der Waals surface area contributed by atoms with Crippen LogP contribution in [-0.2, 0) is 11.3 Å². The maximum absolute atomic E-state index is 12.2. The molecule has 1 aliphatic rings. The Bertz CT molecular complexity index is 858. The van der Waals surface area contributed by atoms with Crippen LogP contribution in [0.1, 0.15) is 23.6 Å². The number of likely N-dealkylation sites (N-methyl/N-ethyl adjacent to an activating group) is 1. The van der Waals surface area contributed by atoms with Crippen molar-refractivity contribution in [1.29, 1.82) is 0 Å². The number of carbonyl (C=O) groups is 1. The van der Waals surface area contributed by atoms with E-state index < -0.39 is 0 Å². The van der Waals surface area contributed by atoms with Gasteiger partial charge in [0.2, 0.25) is 5.91 Å². The number of fused-ring (bicyclic) bond motifs is 1. The number of carbonyl (C=O) groups excluding carboxylic acids is 1. The fraction of sp³-hybridized carbons (Fsp3) is 0.263. The maximum atomic E-state index is 12.2. The standard InChI is InChI=1S/C19H20N4O/c1-23-17(24)10-16(19(23)15-6-3-8-20-11-15)22-12-14-5-2-4-13-7-9-21-18(13)14/h2-9,11,16,19,21-22H,10,12H2,1H3/t16-,19+/m1/s1. The van der Waals surface area contributed by atoms with E-state index in [1.807, 2.05) is 36.5 Å². The van der Waals surface area contributed by atoms with Crippen molar-refractivity contribution < 1.29 is 4.79 Å². The lowest BCUT2D eigenvalue weighted by Crippen LogP contribution is -2.34. The summed E-state index contributed by atoms with van der Waals surface area (Å²) in [5.74, 6) is 0.166. The van der Waals surface area contributed by atoms with Gasteiger partial charge in [-0.1, -0.05) is 24.3 Å². The molecule has 0 radical (unpaired) electrons. The summed E-state index contributed by atoms with van der Waals surface area (Å²) in [6.45, 7) is 0.723. The number of H-pyrrole nitrogens is 1. The third-order valence-electron chi connectivity index (χ3n) is 4.84. The average molecular weight is 320 g/mol. The Balaban J connectivity index is 1.56. The smallest absolute Gasteiger partial charge is 0.224 e. The number of aromatic amines is 1. The molecule has 0 bridgehead atoms. The van der Waals surface area contributed by atoms with E-state index in [1.54, 1.807) is 6.20 Å². The molecule has 0 saturated carbocycles. The van der Waals surface area contributed by atoms with Crippen LogP contribution >= 0.6 is 0 Å². The molecular weight excluding hydrogens is 300 g/mol. The SMILES string of the molecule is CN1C(=O)C[C@@H](NCc2cccc3cc[nH]c23)[C@@H]1c1cccnc1. The minimum absolute atomic E-state index is 0.0223. The van der Waals surface area contributed by atoms with Crippen LogP contribution in [0.5, 0.6) is 0 Å². The van der Waals surface area contributed by atoms with Crippen LogP contribution in [0.2, 0.25) is 0 Å². The molecule has 2 atom stereocenters. The van der Waals surface area contributed by atoms with Gasteiger partial charge in [-0.2, -0.15) is 0 Å². The van der Waals surface area contributed by atoms with Crippen LogP contribution < -0.4 is 5.32 Å². The molecule has 1 aromatic carbocycles. The lowest BCUT2D eigenvalue weighted by atomic mass is 10.0. The molecule has 3 heterocycles. The van der Waals surface area contributed by atoms with E-state index in [9.17, 15) is 4.79 Å². The van der Waals surface area contributed by atoms with E-state index in [0.29, 0.717) is 6.42 Å². The van der Waals surface area contributed by atoms with Gasteiger partial charge in [-0.3, -0.25) is 9.78 Å². The average Bonchev–Trinajstić information content (AvgIpc) is 3.19. The zero-order valence-electron chi connectivity index (χ0n) is 13.6. The molecule has 3 aromatic rings. The zero-order chi connectivity index (χ0) is 16.5. The van der Waals surface area contributed by atoms with Gasteiger partial charge in [-0.15, -0.1) is 0 Å². The molecule has 1 amide bonds. The van der Waals surface area contributed by atoms with Crippen LogP contribution in [0, 0.1) is 0 Å². The van der Waals surface area contributed by atoms with Gasteiger partial charge in [0.15, 0.2) is 0 Å². The fourth-order valence-electron chi connectivity index (χ4n) is 3.60.